The Morgan fingerprint density at radius 1 is 1.10 bits per heavy atom. The van der Waals surface area contributed by atoms with Gasteiger partial charge in [0, 0.05) is 24.0 Å². The Hall–Kier alpha value is -2.08. The summed E-state index contributed by atoms with van der Waals surface area (Å²) in [4.78, 5) is 9.04. The topological polar surface area (TPSA) is 62.5 Å². The van der Waals surface area contributed by atoms with Gasteiger partial charge in [0.2, 0.25) is 5.78 Å². The summed E-state index contributed by atoms with van der Waals surface area (Å²) in [6.07, 6.45) is 6.35. The van der Waals surface area contributed by atoms with Crippen molar-refractivity contribution in [2.24, 2.45) is 0 Å². The predicted molar refractivity (Wildman–Crippen MR) is 87.1 cm³/mol. The minimum absolute atomic E-state index is 0. The Balaban J connectivity index is 0.00000132. The standard InChI is InChI=1S/C15H14N4O.BrH/c20-12-5-1-10(2-6-12)13-9-19-8-7-14(16-11-3-4-11)18-15(19)17-13;/h1-2,5-9,11,20H,3-4H2,(H,16,17,18);1H. The van der Waals surface area contributed by atoms with Crippen LogP contribution in [0.2, 0.25) is 0 Å². The van der Waals surface area contributed by atoms with Gasteiger partial charge in [0.1, 0.15) is 11.6 Å². The van der Waals surface area contributed by atoms with Crippen molar-refractivity contribution in [3.8, 4) is 17.0 Å². The second-order valence-electron chi connectivity index (χ2n) is 5.11. The number of phenols is 1. The smallest absolute Gasteiger partial charge is 0.236 e. The highest BCUT2D eigenvalue weighted by Gasteiger charge is 2.21. The van der Waals surface area contributed by atoms with Crippen molar-refractivity contribution in [2.45, 2.75) is 18.9 Å². The summed E-state index contributed by atoms with van der Waals surface area (Å²) in [7, 11) is 0. The zero-order chi connectivity index (χ0) is 13.5. The average molecular weight is 347 g/mol. The number of fused-ring (bicyclic) bond motifs is 1. The molecule has 0 aliphatic heterocycles. The normalized spacial score (nSPS) is 13.9. The van der Waals surface area contributed by atoms with Gasteiger partial charge in [-0.3, -0.25) is 4.40 Å². The second kappa shape index (κ2) is 5.37. The van der Waals surface area contributed by atoms with E-state index < -0.39 is 0 Å². The van der Waals surface area contributed by atoms with Crippen LogP contribution in [0.25, 0.3) is 17.0 Å². The molecule has 0 radical (unpaired) electrons. The van der Waals surface area contributed by atoms with Crippen LogP contribution in [0.4, 0.5) is 5.82 Å². The van der Waals surface area contributed by atoms with Crippen LogP contribution in [0.3, 0.4) is 0 Å². The van der Waals surface area contributed by atoms with Crippen molar-refractivity contribution in [1.82, 2.24) is 14.4 Å². The number of nitrogens with zero attached hydrogens (tertiary/aromatic N) is 3. The summed E-state index contributed by atoms with van der Waals surface area (Å²) < 4.78 is 1.90. The number of halogens is 1. The van der Waals surface area contributed by atoms with Crippen LogP contribution in [-0.4, -0.2) is 25.5 Å². The van der Waals surface area contributed by atoms with E-state index in [1.54, 1.807) is 12.1 Å². The lowest BCUT2D eigenvalue weighted by atomic mass is 10.2. The van der Waals surface area contributed by atoms with Gasteiger partial charge in [-0.25, -0.2) is 4.98 Å². The molecule has 1 saturated carbocycles. The maximum atomic E-state index is 9.32. The van der Waals surface area contributed by atoms with Crippen LogP contribution >= 0.6 is 17.0 Å². The maximum absolute atomic E-state index is 9.32. The SMILES string of the molecule is Br.Oc1ccc(-c2cn3ccc(NC4CC4)nc3n2)cc1. The van der Waals surface area contributed by atoms with Gasteiger partial charge in [0.05, 0.1) is 5.69 Å². The number of aromatic nitrogens is 3. The molecule has 1 aliphatic carbocycles. The first-order valence-electron chi connectivity index (χ1n) is 6.70. The van der Waals surface area contributed by atoms with Crippen LogP contribution in [0, 0.1) is 0 Å². The highest BCUT2D eigenvalue weighted by Crippen LogP contribution is 2.25. The molecule has 2 aromatic heterocycles. The summed E-state index contributed by atoms with van der Waals surface area (Å²) in [5.41, 5.74) is 1.81. The van der Waals surface area contributed by atoms with E-state index in [0.717, 1.165) is 17.1 Å². The molecule has 1 aromatic carbocycles. The summed E-state index contributed by atoms with van der Waals surface area (Å²) in [6.45, 7) is 0. The molecule has 6 heteroatoms. The van der Waals surface area contributed by atoms with Crippen LogP contribution in [0.15, 0.2) is 42.7 Å². The summed E-state index contributed by atoms with van der Waals surface area (Å²) >= 11 is 0. The maximum Gasteiger partial charge on any atom is 0.236 e. The number of nitrogens with one attached hydrogen (secondary N) is 1. The number of rotatable bonds is 3. The second-order valence-corrected chi connectivity index (χ2v) is 5.11. The quantitative estimate of drug-likeness (QED) is 0.764. The predicted octanol–water partition coefficient (Wildman–Crippen LogP) is 3.25. The first-order valence-corrected chi connectivity index (χ1v) is 6.70. The van der Waals surface area contributed by atoms with Crippen molar-refractivity contribution >= 4 is 28.6 Å². The Morgan fingerprint density at radius 2 is 1.86 bits per heavy atom. The monoisotopic (exact) mass is 346 g/mol. The van der Waals surface area contributed by atoms with Crippen LogP contribution in [0.1, 0.15) is 12.8 Å². The largest absolute Gasteiger partial charge is 0.508 e. The molecule has 2 N–H and O–H groups in total. The molecule has 0 saturated heterocycles. The summed E-state index contributed by atoms with van der Waals surface area (Å²) in [6, 6.07) is 9.56. The molecule has 1 aliphatic rings. The van der Waals surface area contributed by atoms with Gasteiger partial charge in [0.15, 0.2) is 0 Å². The zero-order valence-corrected chi connectivity index (χ0v) is 12.9. The van der Waals surface area contributed by atoms with Crippen LogP contribution in [-0.2, 0) is 0 Å². The molecule has 0 bridgehead atoms. The van der Waals surface area contributed by atoms with Gasteiger partial charge in [-0.15, -0.1) is 17.0 Å². The molecule has 0 atom stereocenters. The number of anilines is 1. The fourth-order valence-electron chi connectivity index (χ4n) is 2.16. The molecule has 108 valence electrons. The van der Waals surface area contributed by atoms with Crippen molar-refractivity contribution in [1.29, 1.82) is 0 Å². The summed E-state index contributed by atoms with van der Waals surface area (Å²) in [5.74, 6) is 1.81. The Kier molecular flexibility index (Phi) is 3.55. The highest BCUT2D eigenvalue weighted by molar-refractivity contribution is 8.93. The molecule has 2 heterocycles. The zero-order valence-electron chi connectivity index (χ0n) is 11.2. The molecular formula is C15H15BrN4O. The number of aromatic hydroxyl groups is 1. The van der Waals surface area contributed by atoms with Crippen molar-refractivity contribution in [3.05, 3.63) is 42.7 Å². The van der Waals surface area contributed by atoms with Crippen LogP contribution < -0.4 is 5.32 Å². The summed E-state index contributed by atoms with van der Waals surface area (Å²) in [5, 5.41) is 12.7. The minimum Gasteiger partial charge on any atom is -0.508 e. The molecule has 3 aromatic rings. The number of imidazole rings is 1. The number of phenolic OH excluding ortho intramolecular Hbond substituents is 1. The molecule has 5 nitrogen and oxygen atoms in total. The van der Waals surface area contributed by atoms with Crippen molar-refractivity contribution in [2.75, 3.05) is 5.32 Å². The van der Waals surface area contributed by atoms with E-state index in [2.05, 4.69) is 15.3 Å². The number of benzene rings is 1. The van der Waals surface area contributed by atoms with Crippen molar-refractivity contribution in [3.63, 3.8) is 0 Å². The Morgan fingerprint density at radius 3 is 2.57 bits per heavy atom. The molecule has 0 amide bonds. The van der Waals surface area contributed by atoms with E-state index in [9.17, 15) is 5.11 Å². The molecule has 0 spiro atoms. The van der Waals surface area contributed by atoms with E-state index >= 15 is 0 Å². The van der Waals surface area contributed by atoms with Crippen molar-refractivity contribution < 1.29 is 5.11 Å². The number of hydrogen-bond donors (Lipinski definition) is 2. The molecule has 0 unspecified atom stereocenters. The van der Waals surface area contributed by atoms with E-state index in [0.29, 0.717) is 11.8 Å². The lowest BCUT2D eigenvalue weighted by molar-refractivity contribution is 0.475. The van der Waals surface area contributed by atoms with E-state index in [-0.39, 0.29) is 22.7 Å². The number of hydrogen-bond acceptors (Lipinski definition) is 4. The average Bonchev–Trinajstić information content (AvgIpc) is 3.16. The first kappa shape index (κ1) is 13.9. The lowest BCUT2D eigenvalue weighted by Crippen LogP contribution is -2.03. The third-order valence-electron chi connectivity index (χ3n) is 3.42. The van der Waals surface area contributed by atoms with Gasteiger partial charge in [-0.1, -0.05) is 0 Å². The Labute approximate surface area is 132 Å². The van der Waals surface area contributed by atoms with Gasteiger partial charge < -0.3 is 10.4 Å². The highest BCUT2D eigenvalue weighted by atomic mass is 79.9. The van der Waals surface area contributed by atoms with Gasteiger partial charge in [-0.2, -0.15) is 4.98 Å². The molecule has 21 heavy (non-hydrogen) atoms. The first-order chi connectivity index (χ1) is 9.78. The van der Waals surface area contributed by atoms with Gasteiger partial charge in [0.25, 0.3) is 0 Å². The lowest BCUT2D eigenvalue weighted by Gasteiger charge is -2.02. The van der Waals surface area contributed by atoms with E-state index in [4.69, 9.17) is 0 Å². The van der Waals surface area contributed by atoms with E-state index in [1.807, 2.05) is 35.0 Å². The van der Waals surface area contributed by atoms with Crippen LogP contribution in [0.5, 0.6) is 5.75 Å². The van der Waals surface area contributed by atoms with Gasteiger partial charge in [-0.05, 0) is 43.2 Å². The van der Waals surface area contributed by atoms with Gasteiger partial charge >= 0.3 is 0 Å². The fraction of sp³-hybridized carbons (Fsp3) is 0.200. The molecule has 4 rings (SSSR count). The third-order valence-corrected chi connectivity index (χ3v) is 3.42. The molecule has 1 fully saturated rings. The van der Waals surface area contributed by atoms with E-state index in [1.165, 1.54) is 12.8 Å². The fourth-order valence-corrected chi connectivity index (χ4v) is 2.16. The minimum atomic E-state index is 0. The molecular weight excluding hydrogens is 332 g/mol. The Bertz CT molecular complexity index is 765. The third kappa shape index (κ3) is 2.85.